The highest BCUT2D eigenvalue weighted by Gasteiger charge is 2.18. The summed E-state index contributed by atoms with van der Waals surface area (Å²) >= 11 is 0. The zero-order valence-corrected chi connectivity index (χ0v) is 14.7. The van der Waals surface area contributed by atoms with Crippen LogP contribution in [0.4, 0.5) is 10.1 Å². The molecule has 2 rings (SSSR count). The van der Waals surface area contributed by atoms with Crippen LogP contribution >= 0.6 is 0 Å². The summed E-state index contributed by atoms with van der Waals surface area (Å²) in [7, 11) is -2.78. The molecule has 2 aromatic rings. The normalized spacial score (nSPS) is 10.9. The molecule has 0 spiro atoms. The van der Waals surface area contributed by atoms with E-state index in [0.29, 0.717) is 5.69 Å². The highest BCUT2D eigenvalue weighted by atomic mass is 32.2. The Balaban J connectivity index is 2.15. The molecule has 0 saturated carbocycles. The fourth-order valence-electron chi connectivity index (χ4n) is 1.98. The zero-order valence-electron chi connectivity index (χ0n) is 13.9. The van der Waals surface area contributed by atoms with Gasteiger partial charge in [0.1, 0.15) is 11.6 Å². The third kappa shape index (κ3) is 4.77. The summed E-state index contributed by atoms with van der Waals surface area (Å²) < 4.78 is 42.5. The van der Waals surface area contributed by atoms with Gasteiger partial charge in [-0.25, -0.2) is 12.8 Å². The van der Waals surface area contributed by atoms with Crippen molar-refractivity contribution in [3.8, 4) is 5.75 Å². The smallest absolute Gasteiger partial charge is 0.266 e. The molecule has 8 nitrogen and oxygen atoms in total. The number of nitrogens with one attached hydrogen (secondary N) is 3. The number of ether oxygens (including phenoxy) is 1. The van der Waals surface area contributed by atoms with Crippen LogP contribution in [0.3, 0.4) is 0 Å². The van der Waals surface area contributed by atoms with Crippen LogP contribution in [0.15, 0.2) is 47.4 Å². The summed E-state index contributed by atoms with van der Waals surface area (Å²) in [6.45, 7) is 1.30. The number of methoxy groups -OCH3 is 1. The maximum absolute atomic E-state index is 12.8. The van der Waals surface area contributed by atoms with Crippen molar-refractivity contribution < 1.29 is 27.1 Å². The maximum Gasteiger partial charge on any atom is 0.266 e. The Kier molecular flexibility index (Phi) is 5.90. The van der Waals surface area contributed by atoms with E-state index in [0.717, 1.165) is 12.1 Å². The lowest BCUT2D eigenvalue weighted by atomic mass is 10.2. The van der Waals surface area contributed by atoms with Gasteiger partial charge >= 0.3 is 0 Å². The number of hydrazine groups is 1. The quantitative estimate of drug-likeness (QED) is 0.655. The SMILES string of the molecule is COc1cc(S(=O)(=O)NNC(=O)c2ccc(F)cc2)ccc1NC(C)=O. The lowest BCUT2D eigenvalue weighted by Gasteiger charge is -2.12. The first kappa shape index (κ1) is 19.3. The number of carbonyl (C=O) groups is 2. The molecule has 2 aromatic carbocycles. The topological polar surface area (TPSA) is 114 Å². The van der Waals surface area contributed by atoms with Crippen LogP contribution in [-0.2, 0) is 14.8 Å². The fraction of sp³-hybridized carbons (Fsp3) is 0.125. The monoisotopic (exact) mass is 381 g/mol. The van der Waals surface area contributed by atoms with E-state index in [1.165, 1.54) is 44.4 Å². The number of anilines is 1. The van der Waals surface area contributed by atoms with Crippen LogP contribution in [0, 0.1) is 5.82 Å². The van der Waals surface area contributed by atoms with Gasteiger partial charge in [-0.3, -0.25) is 15.0 Å². The van der Waals surface area contributed by atoms with Gasteiger partial charge in [0.15, 0.2) is 0 Å². The lowest BCUT2D eigenvalue weighted by molar-refractivity contribution is -0.114. The van der Waals surface area contributed by atoms with Crippen molar-refractivity contribution >= 4 is 27.5 Å². The van der Waals surface area contributed by atoms with E-state index < -0.39 is 21.7 Å². The minimum Gasteiger partial charge on any atom is -0.495 e. The molecule has 0 aliphatic rings. The van der Waals surface area contributed by atoms with Crippen molar-refractivity contribution in [2.24, 2.45) is 0 Å². The van der Waals surface area contributed by atoms with Gasteiger partial charge in [0.2, 0.25) is 5.91 Å². The molecule has 0 aromatic heterocycles. The van der Waals surface area contributed by atoms with E-state index in [2.05, 4.69) is 5.32 Å². The number of hydrogen-bond acceptors (Lipinski definition) is 5. The summed E-state index contributed by atoms with van der Waals surface area (Å²) in [5, 5.41) is 2.50. The van der Waals surface area contributed by atoms with E-state index in [4.69, 9.17) is 4.74 Å². The van der Waals surface area contributed by atoms with E-state index in [1.807, 2.05) is 10.3 Å². The Hall–Kier alpha value is -2.98. The molecule has 0 unspecified atom stereocenters. The van der Waals surface area contributed by atoms with Gasteiger partial charge in [-0.1, -0.05) is 0 Å². The Labute approximate surface area is 149 Å². The highest BCUT2D eigenvalue weighted by Crippen LogP contribution is 2.27. The Morgan fingerprint density at radius 2 is 1.73 bits per heavy atom. The average molecular weight is 381 g/mol. The zero-order chi connectivity index (χ0) is 19.3. The highest BCUT2D eigenvalue weighted by molar-refractivity contribution is 7.89. The Morgan fingerprint density at radius 3 is 2.31 bits per heavy atom. The van der Waals surface area contributed by atoms with Gasteiger partial charge in [0.05, 0.1) is 17.7 Å². The predicted octanol–water partition coefficient (Wildman–Crippen LogP) is 1.42. The number of rotatable bonds is 6. The van der Waals surface area contributed by atoms with E-state index in [-0.39, 0.29) is 22.1 Å². The van der Waals surface area contributed by atoms with Crippen molar-refractivity contribution in [3.05, 3.63) is 53.8 Å². The molecule has 0 radical (unpaired) electrons. The van der Waals surface area contributed by atoms with Crippen LogP contribution in [0.25, 0.3) is 0 Å². The van der Waals surface area contributed by atoms with Gasteiger partial charge in [-0.05, 0) is 36.4 Å². The first-order valence-electron chi connectivity index (χ1n) is 7.26. The molecule has 26 heavy (non-hydrogen) atoms. The lowest BCUT2D eigenvalue weighted by Crippen LogP contribution is -2.41. The van der Waals surface area contributed by atoms with Crippen molar-refractivity contribution in [3.63, 3.8) is 0 Å². The van der Waals surface area contributed by atoms with Gasteiger partial charge in [0, 0.05) is 18.6 Å². The predicted molar refractivity (Wildman–Crippen MR) is 91.5 cm³/mol. The molecule has 3 N–H and O–H groups in total. The second-order valence-corrected chi connectivity index (χ2v) is 6.79. The second-order valence-electron chi connectivity index (χ2n) is 5.11. The molecule has 10 heteroatoms. The number of amides is 2. The van der Waals surface area contributed by atoms with Crippen LogP contribution in [-0.4, -0.2) is 27.3 Å². The van der Waals surface area contributed by atoms with Crippen LogP contribution in [0.5, 0.6) is 5.75 Å². The molecule has 0 aliphatic carbocycles. The summed E-state index contributed by atoms with van der Waals surface area (Å²) in [5.74, 6) is -1.49. The molecule has 138 valence electrons. The third-order valence-electron chi connectivity index (χ3n) is 3.20. The van der Waals surface area contributed by atoms with E-state index in [1.54, 1.807) is 0 Å². The molecule has 2 amide bonds. The molecule has 0 bridgehead atoms. The van der Waals surface area contributed by atoms with Gasteiger partial charge < -0.3 is 10.1 Å². The number of hydrogen-bond donors (Lipinski definition) is 3. The third-order valence-corrected chi connectivity index (χ3v) is 4.44. The Morgan fingerprint density at radius 1 is 1.08 bits per heavy atom. The maximum atomic E-state index is 12.8. The minimum absolute atomic E-state index is 0.0766. The average Bonchev–Trinajstić information content (AvgIpc) is 2.60. The summed E-state index contributed by atoms with van der Waals surface area (Å²) in [4.78, 5) is 24.8. The minimum atomic E-state index is -4.10. The molecule has 0 heterocycles. The molecular weight excluding hydrogens is 365 g/mol. The molecule has 0 fully saturated rings. The van der Waals surface area contributed by atoms with Crippen molar-refractivity contribution in [1.82, 2.24) is 10.3 Å². The number of benzene rings is 2. The standard InChI is InChI=1S/C16H16FN3O5S/c1-10(21)18-14-8-7-13(9-15(14)25-2)26(23,24)20-19-16(22)11-3-5-12(17)6-4-11/h3-9,20H,1-2H3,(H,18,21)(H,19,22). The molecule has 0 saturated heterocycles. The molecule has 0 aliphatic heterocycles. The number of carbonyl (C=O) groups excluding carboxylic acids is 2. The van der Waals surface area contributed by atoms with Crippen LogP contribution in [0.1, 0.15) is 17.3 Å². The van der Waals surface area contributed by atoms with Crippen LogP contribution in [0.2, 0.25) is 0 Å². The first-order valence-corrected chi connectivity index (χ1v) is 8.74. The first-order chi connectivity index (χ1) is 12.2. The van der Waals surface area contributed by atoms with Crippen molar-refractivity contribution in [2.45, 2.75) is 11.8 Å². The largest absolute Gasteiger partial charge is 0.495 e. The van der Waals surface area contributed by atoms with Crippen LogP contribution < -0.4 is 20.3 Å². The van der Waals surface area contributed by atoms with Crippen molar-refractivity contribution in [1.29, 1.82) is 0 Å². The molecule has 0 atom stereocenters. The van der Waals surface area contributed by atoms with E-state index >= 15 is 0 Å². The van der Waals surface area contributed by atoms with Gasteiger partial charge in [0.25, 0.3) is 15.9 Å². The summed E-state index contributed by atoms with van der Waals surface area (Å²) in [6, 6.07) is 8.37. The van der Waals surface area contributed by atoms with Gasteiger partial charge in [-0.15, -0.1) is 4.83 Å². The second kappa shape index (κ2) is 7.93. The summed E-state index contributed by atoms with van der Waals surface area (Å²) in [5.41, 5.74) is 2.41. The van der Waals surface area contributed by atoms with Gasteiger partial charge in [-0.2, -0.15) is 0 Å². The van der Waals surface area contributed by atoms with E-state index in [9.17, 15) is 22.4 Å². The molecular formula is C16H16FN3O5S. The summed E-state index contributed by atoms with van der Waals surface area (Å²) in [6.07, 6.45) is 0. The van der Waals surface area contributed by atoms with Crippen molar-refractivity contribution in [2.75, 3.05) is 12.4 Å². The Bertz CT molecular complexity index is 929. The number of sulfonamides is 1. The number of halogens is 1. The fourth-order valence-corrected chi connectivity index (χ4v) is 2.83.